The quantitative estimate of drug-likeness (QED) is 0.528. The molecule has 23 heavy (non-hydrogen) atoms. The molecule has 0 aliphatic heterocycles. The maximum absolute atomic E-state index is 13.0. The van der Waals surface area contributed by atoms with Crippen LogP contribution in [-0.4, -0.2) is 9.97 Å². The average Bonchev–Trinajstić information content (AvgIpc) is 2.50. The van der Waals surface area contributed by atoms with Crippen molar-refractivity contribution in [2.45, 2.75) is 0 Å². The molecule has 7 heteroatoms. The zero-order chi connectivity index (χ0) is 16.4. The Balaban J connectivity index is 1.95. The number of rotatable bonds is 3. The van der Waals surface area contributed by atoms with Crippen LogP contribution in [0.1, 0.15) is 0 Å². The highest BCUT2D eigenvalue weighted by atomic mass is 79.9. The Morgan fingerprint density at radius 1 is 0.957 bits per heavy atom. The second-order valence-electron chi connectivity index (χ2n) is 4.66. The molecule has 0 aliphatic carbocycles. The summed E-state index contributed by atoms with van der Waals surface area (Å²) in [7, 11) is 0. The van der Waals surface area contributed by atoms with Crippen LogP contribution in [0.4, 0.5) is 15.9 Å². The van der Waals surface area contributed by atoms with Gasteiger partial charge < -0.3 is 5.32 Å². The van der Waals surface area contributed by atoms with Crippen LogP contribution >= 0.6 is 39.1 Å². The highest BCUT2D eigenvalue weighted by Gasteiger charge is 2.08. The van der Waals surface area contributed by atoms with Gasteiger partial charge >= 0.3 is 0 Å². The lowest BCUT2D eigenvalue weighted by atomic mass is 10.2. The Bertz CT molecular complexity index is 856. The molecular weight excluding hydrogens is 404 g/mol. The zero-order valence-corrected chi connectivity index (χ0v) is 14.6. The van der Waals surface area contributed by atoms with Crippen molar-refractivity contribution >= 4 is 50.6 Å². The normalized spacial score (nSPS) is 10.6. The second-order valence-corrected chi connectivity index (χ2v) is 6.33. The zero-order valence-electron chi connectivity index (χ0n) is 11.5. The Morgan fingerprint density at radius 3 is 2.39 bits per heavy atom. The molecule has 0 unspecified atom stereocenters. The van der Waals surface area contributed by atoms with E-state index in [2.05, 4.69) is 31.2 Å². The van der Waals surface area contributed by atoms with Crippen molar-refractivity contribution in [2.75, 3.05) is 5.32 Å². The van der Waals surface area contributed by atoms with Crippen molar-refractivity contribution in [2.24, 2.45) is 0 Å². The monoisotopic (exact) mass is 411 g/mol. The summed E-state index contributed by atoms with van der Waals surface area (Å²) in [5, 5.41) is 4.05. The van der Waals surface area contributed by atoms with Crippen LogP contribution in [0.15, 0.2) is 53.0 Å². The molecule has 3 nitrogen and oxygen atoms in total. The van der Waals surface area contributed by atoms with Crippen LogP contribution in [0.25, 0.3) is 11.4 Å². The lowest BCUT2D eigenvalue weighted by Gasteiger charge is -2.10. The van der Waals surface area contributed by atoms with Gasteiger partial charge in [0, 0.05) is 21.1 Å². The van der Waals surface area contributed by atoms with Crippen molar-refractivity contribution in [3.05, 3.63) is 69.0 Å². The van der Waals surface area contributed by atoms with Crippen LogP contribution in [0, 0.1) is 5.82 Å². The van der Waals surface area contributed by atoms with Crippen LogP contribution in [0.3, 0.4) is 0 Å². The number of hydrogen-bond acceptors (Lipinski definition) is 3. The largest absolute Gasteiger partial charge is 0.339 e. The predicted molar refractivity (Wildman–Crippen MR) is 94.9 cm³/mol. The minimum absolute atomic E-state index is 0.284. The van der Waals surface area contributed by atoms with Gasteiger partial charge in [0.05, 0.1) is 5.69 Å². The topological polar surface area (TPSA) is 37.8 Å². The summed E-state index contributed by atoms with van der Waals surface area (Å²) < 4.78 is 13.8. The summed E-state index contributed by atoms with van der Waals surface area (Å²) in [6, 6.07) is 12.9. The van der Waals surface area contributed by atoms with Crippen molar-refractivity contribution in [3.63, 3.8) is 0 Å². The van der Waals surface area contributed by atoms with E-state index >= 15 is 0 Å². The van der Waals surface area contributed by atoms with Gasteiger partial charge in [0.1, 0.15) is 16.8 Å². The van der Waals surface area contributed by atoms with Gasteiger partial charge in [-0.05, 0) is 58.4 Å². The molecule has 0 spiro atoms. The van der Waals surface area contributed by atoms with E-state index in [0.717, 1.165) is 10.2 Å². The Hall–Kier alpha value is -1.69. The number of anilines is 2. The molecule has 2 aromatic carbocycles. The molecule has 116 valence electrons. The maximum atomic E-state index is 13.0. The van der Waals surface area contributed by atoms with Gasteiger partial charge in [0.25, 0.3) is 0 Å². The Labute approximate surface area is 150 Å². The molecule has 3 rings (SSSR count). The van der Waals surface area contributed by atoms with Gasteiger partial charge in [-0.25, -0.2) is 14.4 Å². The van der Waals surface area contributed by atoms with Gasteiger partial charge in [-0.15, -0.1) is 0 Å². The first-order valence-corrected chi connectivity index (χ1v) is 8.09. The maximum Gasteiger partial charge on any atom is 0.163 e. The molecule has 0 saturated heterocycles. The van der Waals surface area contributed by atoms with Crippen molar-refractivity contribution in [1.29, 1.82) is 0 Å². The Kier molecular flexibility index (Phi) is 4.80. The third-order valence-electron chi connectivity index (χ3n) is 2.99. The highest BCUT2D eigenvalue weighted by molar-refractivity contribution is 9.10. The smallest absolute Gasteiger partial charge is 0.163 e. The molecule has 3 aromatic rings. The van der Waals surface area contributed by atoms with Gasteiger partial charge in [-0.3, -0.25) is 0 Å². The summed E-state index contributed by atoms with van der Waals surface area (Å²) >= 11 is 15.4. The van der Waals surface area contributed by atoms with Crippen molar-refractivity contribution in [3.8, 4) is 11.4 Å². The van der Waals surface area contributed by atoms with E-state index < -0.39 is 0 Å². The van der Waals surface area contributed by atoms with Gasteiger partial charge in [0.15, 0.2) is 5.82 Å². The molecule has 0 atom stereocenters. The number of nitrogens with one attached hydrogen (secondary N) is 1. The van der Waals surface area contributed by atoms with Crippen molar-refractivity contribution < 1.29 is 4.39 Å². The summed E-state index contributed by atoms with van der Waals surface area (Å²) in [6.07, 6.45) is 0. The fourth-order valence-corrected chi connectivity index (χ4v) is 2.90. The highest BCUT2D eigenvalue weighted by Crippen LogP contribution is 2.29. The standard InChI is InChI=1S/C16H9BrCl2FN3/c17-12-7-10(18)3-6-13(12)21-15-8-14(19)22-16(23-15)9-1-4-11(20)5-2-9/h1-8H,(H,21,22,23). The molecular formula is C16H9BrCl2FN3. The van der Waals surface area contributed by atoms with E-state index in [1.807, 2.05) is 6.07 Å². The number of aromatic nitrogens is 2. The predicted octanol–water partition coefficient (Wildman–Crippen LogP) is 6.10. The summed E-state index contributed by atoms with van der Waals surface area (Å²) in [6.45, 7) is 0. The first-order chi connectivity index (χ1) is 11.0. The first kappa shape index (κ1) is 16.2. The summed E-state index contributed by atoms with van der Waals surface area (Å²) in [4.78, 5) is 8.58. The lowest BCUT2D eigenvalue weighted by molar-refractivity contribution is 0.628. The first-order valence-electron chi connectivity index (χ1n) is 6.54. The number of benzene rings is 2. The van der Waals surface area contributed by atoms with Crippen LogP contribution in [0.5, 0.6) is 0 Å². The lowest BCUT2D eigenvalue weighted by Crippen LogP contribution is -1.98. The van der Waals surface area contributed by atoms with Gasteiger partial charge in [-0.1, -0.05) is 23.2 Å². The number of halogens is 4. The minimum atomic E-state index is -0.320. The minimum Gasteiger partial charge on any atom is -0.339 e. The van der Waals surface area contributed by atoms with Crippen LogP contribution in [-0.2, 0) is 0 Å². The van der Waals surface area contributed by atoms with E-state index in [0.29, 0.717) is 22.2 Å². The number of hydrogen-bond donors (Lipinski definition) is 1. The van der Waals surface area contributed by atoms with Gasteiger partial charge in [-0.2, -0.15) is 0 Å². The van der Waals surface area contributed by atoms with Gasteiger partial charge in [0.2, 0.25) is 0 Å². The third kappa shape index (κ3) is 3.99. The fourth-order valence-electron chi connectivity index (χ4n) is 1.94. The molecule has 1 aromatic heterocycles. The molecule has 1 heterocycles. The van der Waals surface area contributed by atoms with Crippen LogP contribution in [0.2, 0.25) is 10.2 Å². The Morgan fingerprint density at radius 2 is 1.70 bits per heavy atom. The number of nitrogens with zero attached hydrogens (tertiary/aromatic N) is 2. The average molecular weight is 413 g/mol. The van der Waals surface area contributed by atoms with E-state index in [4.69, 9.17) is 23.2 Å². The molecule has 0 saturated carbocycles. The molecule has 1 N–H and O–H groups in total. The molecule has 0 radical (unpaired) electrons. The molecule has 0 amide bonds. The molecule has 0 aliphatic rings. The van der Waals surface area contributed by atoms with E-state index in [1.54, 1.807) is 30.3 Å². The third-order valence-corrected chi connectivity index (χ3v) is 4.08. The second kappa shape index (κ2) is 6.83. The SMILES string of the molecule is Fc1ccc(-c2nc(Cl)cc(Nc3ccc(Cl)cc3Br)n2)cc1. The van der Waals surface area contributed by atoms with E-state index in [9.17, 15) is 4.39 Å². The summed E-state index contributed by atoms with van der Waals surface area (Å²) in [5.74, 6) is 0.608. The molecule has 0 bridgehead atoms. The molecule has 0 fully saturated rings. The van der Waals surface area contributed by atoms with E-state index in [1.165, 1.54) is 12.1 Å². The van der Waals surface area contributed by atoms with E-state index in [-0.39, 0.29) is 11.0 Å². The summed E-state index contributed by atoms with van der Waals surface area (Å²) in [5.41, 5.74) is 1.46. The van der Waals surface area contributed by atoms with Crippen molar-refractivity contribution in [1.82, 2.24) is 9.97 Å². The fraction of sp³-hybridized carbons (Fsp3) is 0. The van der Waals surface area contributed by atoms with Crippen LogP contribution < -0.4 is 5.32 Å².